The van der Waals surface area contributed by atoms with Crippen LogP contribution in [-0.4, -0.2) is 21.7 Å². The predicted molar refractivity (Wildman–Crippen MR) is 59.5 cm³/mol. The van der Waals surface area contributed by atoms with E-state index in [1.165, 1.54) is 20.0 Å². The predicted octanol–water partition coefficient (Wildman–Crippen LogP) is 1.05. The van der Waals surface area contributed by atoms with Crippen molar-refractivity contribution in [2.45, 2.75) is 13.8 Å². The van der Waals surface area contributed by atoms with E-state index < -0.39 is 32.6 Å². The molecule has 0 atom stereocenters. The zero-order chi connectivity index (χ0) is 11.4. The molecule has 7 heteroatoms. The van der Waals surface area contributed by atoms with E-state index in [0.29, 0.717) is 3.57 Å². The van der Waals surface area contributed by atoms with Gasteiger partial charge in [-0.1, -0.05) is 0 Å². The normalized spacial score (nSPS) is 10.7. The third-order valence-electron chi connectivity index (χ3n) is 1.21. The van der Waals surface area contributed by atoms with Gasteiger partial charge in [0.05, 0.1) is 0 Å². The summed E-state index contributed by atoms with van der Waals surface area (Å²) in [7, 11) is 1.74. The van der Waals surface area contributed by atoms with Crippen LogP contribution >= 0.6 is 20.6 Å². The van der Waals surface area contributed by atoms with Crippen LogP contribution in [0.4, 0.5) is 0 Å². The second-order valence-corrected chi connectivity index (χ2v) is 6.05. The van der Waals surface area contributed by atoms with Crippen LogP contribution in [0.15, 0.2) is 12.4 Å². The molecule has 0 fully saturated rings. The zero-order valence-corrected chi connectivity index (χ0v) is 10.7. The zero-order valence-electron chi connectivity index (χ0n) is 8.56. The van der Waals surface area contributed by atoms with Crippen LogP contribution < -0.4 is 0 Å². The molecule has 0 unspecified atom stereocenters. The molecular formula is C8H11IN2O4. The van der Waals surface area contributed by atoms with E-state index in [1.807, 2.05) is 0 Å². The summed E-state index contributed by atoms with van der Waals surface area (Å²) >= 11 is -2.65. The molecule has 0 aliphatic heterocycles. The first-order chi connectivity index (χ1) is 6.99. The molecule has 1 aromatic rings. The van der Waals surface area contributed by atoms with Crippen LogP contribution in [0.1, 0.15) is 13.8 Å². The summed E-state index contributed by atoms with van der Waals surface area (Å²) in [6.45, 7) is 2.56. The van der Waals surface area contributed by atoms with Crippen molar-refractivity contribution < 1.29 is 15.7 Å². The molecule has 0 bridgehead atoms. The van der Waals surface area contributed by atoms with Gasteiger partial charge in [0, 0.05) is 0 Å². The van der Waals surface area contributed by atoms with E-state index in [-0.39, 0.29) is 0 Å². The summed E-state index contributed by atoms with van der Waals surface area (Å²) in [6.07, 6.45) is 3.22. The van der Waals surface area contributed by atoms with Gasteiger partial charge in [-0.3, -0.25) is 0 Å². The van der Waals surface area contributed by atoms with E-state index in [1.54, 1.807) is 17.9 Å². The number of halogens is 1. The minimum absolute atomic E-state index is 0.453. The summed E-state index contributed by atoms with van der Waals surface area (Å²) in [5.74, 6) is -0.907. The molecule has 15 heavy (non-hydrogen) atoms. The fourth-order valence-electron chi connectivity index (χ4n) is 0.773. The number of carbonyl (C=O) groups excluding carboxylic acids is 2. The van der Waals surface area contributed by atoms with Crippen molar-refractivity contribution in [3.8, 4) is 0 Å². The first kappa shape index (κ1) is 12.0. The Morgan fingerprint density at radius 3 is 2.20 bits per heavy atom. The Morgan fingerprint density at radius 2 is 1.87 bits per heavy atom. The van der Waals surface area contributed by atoms with Crippen LogP contribution in [-0.2, 0) is 22.8 Å². The fraction of sp³-hybridized carbons (Fsp3) is 0.375. The van der Waals surface area contributed by atoms with E-state index in [9.17, 15) is 9.59 Å². The second-order valence-electron chi connectivity index (χ2n) is 2.69. The van der Waals surface area contributed by atoms with Gasteiger partial charge >= 0.3 is 94.9 Å². The van der Waals surface area contributed by atoms with Gasteiger partial charge < -0.3 is 0 Å². The monoisotopic (exact) mass is 326 g/mol. The Labute approximate surface area is 95.0 Å². The van der Waals surface area contributed by atoms with E-state index in [0.717, 1.165) is 0 Å². The Morgan fingerprint density at radius 1 is 1.33 bits per heavy atom. The molecule has 0 aliphatic carbocycles. The Kier molecular flexibility index (Phi) is 4.06. The summed E-state index contributed by atoms with van der Waals surface area (Å²) < 4.78 is 12.2. The molecule has 0 saturated heterocycles. The maximum atomic E-state index is 10.8. The quantitative estimate of drug-likeness (QED) is 0.777. The standard InChI is InChI=1S/C8H11IN2O4/c1-6(12)14-9(15-7(2)13)8-4-10-11(3)5-8/h4-5H,1-3H3. The van der Waals surface area contributed by atoms with Crippen LogP contribution in [0, 0.1) is 3.57 Å². The van der Waals surface area contributed by atoms with Gasteiger partial charge in [-0.2, -0.15) is 0 Å². The van der Waals surface area contributed by atoms with Crippen molar-refractivity contribution in [2.75, 3.05) is 0 Å². The molecule has 0 radical (unpaired) electrons. The van der Waals surface area contributed by atoms with Gasteiger partial charge in [0.2, 0.25) is 0 Å². The first-order valence-electron chi connectivity index (χ1n) is 4.06. The SMILES string of the molecule is CC(=O)OI(OC(C)=O)c1cnn(C)c1. The van der Waals surface area contributed by atoms with Gasteiger partial charge in [-0.15, -0.1) is 0 Å². The van der Waals surface area contributed by atoms with Gasteiger partial charge in [0.15, 0.2) is 0 Å². The van der Waals surface area contributed by atoms with E-state index in [2.05, 4.69) is 5.10 Å². The number of aryl methyl sites for hydroxylation is 1. The summed E-state index contributed by atoms with van der Waals surface area (Å²) in [5, 5.41) is 3.93. The third kappa shape index (κ3) is 3.86. The summed E-state index contributed by atoms with van der Waals surface area (Å²) in [4.78, 5) is 21.6. The molecule has 6 nitrogen and oxygen atoms in total. The number of carbonyl (C=O) groups is 2. The molecule has 0 aliphatic rings. The summed E-state index contributed by atoms with van der Waals surface area (Å²) in [6, 6.07) is 0. The van der Waals surface area contributed by atoms with Gasteiger partial charge in [-0.25, -0.2) is 0 Å². The topological polar surface area (TPSA) is 70.4 Å². The Balaban J connectivity index is 2.80. The number of nitrogens with zero attached hydrogens (tertiary/aromatic N) is 2. The van der Waals surface area contributed by atoms with Crippen LogP contribution in [0.25, 0.3) is 0 Å². The van der Waals surface area contributed by atoms with E-state index >= 15 is 0 Å². The molecule has 1 heterocycles. The van der Waals surface area contributed by atoms with Crippen molar-refractivity contribution >= 4 is 32.6 Å². The third-order valence-corrected chi connectivity index (χ3v) is 4.82. The molecule has 84 valence electrons. The Bertz CT molecular complexity index is 360. The number of aromatic nitrogens is 2. The number of hydrogen-bond donors (Lipinski definition) is 0. The molecule has 1 rings (SSSR count). The van der Waals surface area contributed by atoms with E-state index in [4.69, 9.17) is 6.13 Å². The Hall–Kier alpha value is -1.12. The van der Waals surface area contributed by atoms with Crippen LogP contribution in [0.3, 0.4) is 0 Å². The number of hydrogen-bond acceptors (Lipinski definition) is 5. The van der Waals surface area contributed by atoms with Crippen molar-refractivity contribution in [3.63, 3.8) is 0 Å². The number of rotatable bonds is 3. The average Bonchev–Trinajstić information content (AvgIpc) is 2.48. The molecule has 0 saturated carbocycles. The minimum atomic E-state index is -2.65. The second kappa shape index (κ2) is 5.10. The molecule has 0 amide bonds. The average molecular weight is 326 g/mol. The molecule has 0 aromatic carbocycles. The van der Waals surface area contributed by atoms with Gasteiger partial charge in [-0.05, 0) is 0 Å². The van der Waals surface area contributed by atoms with Gasteiger partial charge in [0.25, 0.3) is 0 Å². The maximum absolute atomic E-state index is 10.8. The van der Waals surface area contributed by atoms with Crippen molar-refractivity contribution in [1.29, 1.82) is 0 Å². The summed E-state index contributed by atoms with van der Waals surface area (Å²) in [5.41, 5.74) is 0. The van der Waals surface area contributed by atoms with Crippen LogP contribution in [0.5, 0.6) is 0 Å². The molecular weight excluding hydrogens is 315 g/mol. The molecule has 1 aromatic heterocycles. The van der Waals surface area contributed by atoms with Gasteiger partial charge in [0.1, 0.15) is 0 Å². The first-order valence-corrected chi connectivity index (χ1v) is 6.90. The van der Waals surface area contributed by atoms with Crippen molar-refractivity contribution in [3.05, 3.63) is 16.0 Å². The van der Waals surface area contributed by atoms with Crippen molar-refractivity contribution in [1.82, 2.24) is 9.78 Å². The molecule has 0 spiro atoms. The van der Waals surface area contributed by atoms with Crippen LogP contribution in [0.2, 0.25) is 0 Å². The fourth-order valence-corrected chi connectivity index (χ4v) is 3.48. The molecule has 0 N–H and O–H groups in total. The van der Waals surface area contributed by atoms with Crippen molar-refractivity contribution in [2.24, 2.45) is 7.05 Å².